The lowest BCUT2D eigenvalue weighted by Gasteiger charge is -2.01. The molecule has 0 rings (SSSR count). The van der Waals surface area contributed by atoms with Gasteiger partial charge in [0.2, 0.25) is 0 Å². The average molecular weight is 296 g/mol. The molecule has 0 unspecified atom stereocenters. The van der Waals surface area contributed by atoms with Crippen LogP contribution in [0.2, 0.25) is 0 Å². The van der Waals surface area contributed by atoms with Gasteiger partial charge in [-0.2, -0.15) is 0 Å². The van der Waals surface area contributed by atoms with E-state index in [1.807, 2.05) is 6.08 Å². The summed E-state index contributed by atoms with van der Waals surface area (Å²) < 4.78 is 4.59. The topological polar surface area (TPSA) is 43.4 Å². The number of unbranched alkanes of at least 4 members (excludes halogenated alkanes) is 7. The van der Waals surface area contributed by atoms with E-state index in [1.165, 1.54) is 26.4 Å². The maximum atomic E-state index is 11.6. The van der Waals surface area contributed by atoms with Gasteiger partial charge in [0.25, 0.3) is 0 Å². The molecule has 0 bridgehead atoms. The first-order chi connectivity index (χ1) is 10.2. The summed E-state index contributed by atoms with van der Waals surface area (Å²) in [6, 6.07) is 0. The molecule has 0 radical (unpaired) electrons. The molecule has 0 saturated carbocycles. The second-order valence-electron chi connectivity index (χ2n) is 5.55. The van der Waals surface area contributed by atoms with Crippen molar-refractivity contribution in [3.05, 3.63) is 12.2 Å². The number of Topliss-reactive ketones (excluding diaryl/α,β-unsaturated/α-hetero) is 1. The van der Waals surface area contributed by atoms with E-state index in [0.29, 0.717) is 25.0 Å². The maximum absolute atomic E-state index is 11.6. The number of hydrogen-bond acceptors (Lipinski definition) is 3. The average Bonchev–Trinajstić information content (AvgIpc) is 2.49. The van der Waals surface area contributed by atoms with Crippen LogP contribution in [0.25, 0.3) is 0 Å². The van der Waals surface area contributed by atoms with Gasteiger partial charge in [-0.25, -0.2) is 0 Å². The molecule has 0 aromatic heterocycles. The third-order valence-corrected chi connectivity index (χ3v) is 3.55. The minimum absolute atomic E-state index is 0.129. The molecule has 0 saturated heterocycles. The van der Waals surface area contributed by atoms with E-state index in [4.69, 9.17) is 0 Å². The predicted molar refractivity (Wildman–Crippen MR) is 87.2 cm³/mol. The molecule has 21 heavy (non-hydrogen) atoms. The van der Waals surface area contributed by atoms with E-state index in [9.17, 15) is 9.59 Å². The van der Waals surface area contributed by atoms with Crippen molar-refractivity contribution in [3.63, 3.8) is 0 Å². The van der Waals surface area contributed by atoms with E-state index in [2.05, 4.69) is 17.7 Å². The summed E-state index contributed by atoms with van der Waals surface area (Å²) in [5.41, 5.74) is 0. The Hall–Kier alpha value is -1.12. The van der Waals surface area contributed by atoms with Gasteiger partial charge in [-0.3, -0.25) is 9.59 Å². The van der Waals surface area contributed by atoms with Crippen molar-refractivity contribution in [2.24, 2.45) is 0 Å². The highest BCUT2D eigenvalue weighted by atomic mass is 16.5. The lowest BCUT2D eigenvalue weighted by atomic mass is 10.1. The van der Waals surface area contributed by atoms with Crippen molar-refractivity contribution >= 4 is 11.8 Å². The molecular weight excluding hydrogens is 264 g/mol. The summed E-state index contributed by atoms with van der Waals surface area (Å²) in [4.78, 5) is 22.5. The summed E-state index contributed by atoms with van der Waals surface area (Å²) in [5.74, 6) is 0.215. The Morgan fingerprint density at radius 3 is 2.19 bits per heavy atom. The molecule has 0 fully saturated rings. The molecule has 0 aromatic carbocycles. The van der Waals surface area contributed by atoms with Crippen molar-refractivity contribution in [1.29, 1.82) is 0 Å². The molecule has 0 spiro atoms. The van der Waals surface area contributed by atoms with E-state index < -0.39 is 0 Å². The van der Waals surface area contributed by atoms with E-state index in [-0.39, 0.29) is 5.97 Å². The third-order valence-electron chi connectivity index (χ3n) is 3.55. The molecule has 0 aliphatic heterocycles. The summed E-state index contributed by atoms with van der Waals surface area (Å²) in [6.07, 6.45) is 15.9. The Balaban J connectivity index is 3.32. The summed E-state index contributed by atoms with van der Waals surface area (Å²) in [6.45, 7) is 2.20. The predicted octanol–water partition coefficient (Wildman–Crippen LogP) is 4.99. The first-order valence-corrected chi connectivity index (χ1v) is 8.44. The van der Waals surface area contributed by atoms with Crippen LogP contribution in [-0.4, -0.2) is 18.9 Å². The molecule has 0 amide bonds. The van der Waals surface area contributed by atoms with Gasteiger partial charge in [-0.05, 0) is 25.7 Å². The Morgan fingerprint density at radius 1 is 0.857 bits per heavy atom. The summed E-state index contributed by atoms with van der Waals surface area (Å²) >= 11 is 0. The fourth-order valence-electron chi connectivity index (χ4n) is 2.17. The largest absolute Gasteiger partial charge is 0.469 e. The van der Waals surface area contributed by atoms with Crippen molar-refractivity contribution in [2.45, 2.75) is 84.0 Å². The van der Waals surface area contributed by atoms with Gasteiger partial charge in [0.1, 0.15) is 5.78 Å². The lowest BCUT2D eigenvalue weighted by Crippen LogP contribution is -1.99. The molecule has 0 aliphatic rings. The van der Waals surface area contributed by atoms with Crippen LogP contribution in [-0.2, 0) is 14.3 Å². The zero-order chi connectivity index (χ0) is 15.8. The molecule has 122 valence electrons. The Morgan fingerprint density at radius 2 is 1.52 bits per heavy atom. The highest BCUT2D eigenvalue weighted by Gasteiger charge is 2.01. The summed E-state index contributed by atoms with van der Waals surface area (Å²) in [5, 5.41) is 0. The summed E-state index contributed by atoms with van der Waals surface area (Å²) in [7, 11) is 1.42. The van der Waals surface area contributed by atoms with Crippen molar-refractivity contribution in [3.8, 4) is 0 Å². The lowest BCUT2D eigenvalue weighted by molar-refractivity contribution is -0.140. The van der Waals surface area contributed by atoms with E-state index in [1.54, 1.807) is 0 Å². The van der Waals surface area contributed by atoms with E-state index in [0.717, 1.165) is 38.5 Å². The van der Waals surface area contributed by atoms with Gasteiger partial charge in [-0.1, -0.05) is 51.2 Å². The van der Waals surface area contributed by atoms with Gasteiger partial charge < -0.3 is 4.74 Å². The van der Waals surface area contributed by atoms with Crippen LogP contribution >= 0.6 is 0 Å². The highest BCUT2D eigenvalue weighted by Crippen LogP contribution is 2.09. The van der Waals surface area contributed by atoms with Gasteiger partial charge in [0.15, 0.2) is 0 Å². The second-order valence-corrected chi connectivity index (χ2v) is 5.55. The first-order valence-electron chi connectivity index (χ1n) is 8.44. The quantitative estimate of drug-likeness (QED) is 0.258. The molecule has 3 heteroatoms. The molecule has 0 atom stereocenters. The van der Waals surface area contributed by atoms with Gasteiger partial charge in [0, 0.05) is 19.3 Å². The SMILES string of the molecule is CCCCC/C=C/CC(=O)CCCCCCCC(=O)OC. The molecule has 0 N–H and O–H groups in total. The Kier molecular flexibility index (Phi) is 14.5. The van der Waals surface area contributed by atoms with Crippen LogP contribution in [0.15, 0.2) is 12.2 Å². The van der Waals surface area contributed by atoms with Crippen molar-refractivity contribution < 1.29 is 14.3 Å². The number of ether oxygens (including phenoxy) is 1. The number of esters is 1. The fraction of sp³-hybridized carbons (Fsp3) is 0.778. The Bertz CT molecular complexity index is 295. The van der Waals surface area contributed by atoms with Crippen LogP contribution < -0.4 is 0 Å². The van der Waals surface area contributed by atoms with Crippen molar-refractivity contribution in [1.82, 2.24) is 0 Å². The number of rotatable bonds is 14. The number of carbonyl (C=O) groups excluding carboxylic acids is 2. The number of hydrogen-bond donors (Lipinski definition) is 0. The Labute approximate surface area is 130 Å². The number of carbonyl (C=O) groups is 2. The normalized spacial score (nSPS) is 11.0. The molecule has 0 aromatic rings. The second kappa shape index (κ2) is 15.3. The van der Waals surface area contributed by atoms with Gasteiger partial charge >= 0.3 is 5.97 Å². The van der Waals surface area contributed by atoms with Crippen LogP contribution in [0.3, 0.4) is 0 Å². The molecular formula is C18H32O3. The van der Waals surface area contributed by atoms with Crippen LogP contribution in [0, 0.1) is 0 Å². The standard InChI is InChI=1S/C18H32O3/c1-3-4-5-6-8-11-14-17(19)15-12-9-7-10-13-16-18(20)21-2/h8,11H,3-7,9-10,12-16H2,1-2H3/b11-8+. The first kappa shape index (κ1) is 19.9. The third kappa shape index (κ3) is 15.1. The number of allylic oxidation sites excluding steroid dienone is 2. The smallest absolute Gasteiger partial charge is 0.305 e. The van der Waals surface area contributed by atoms with Crippen molar-refractivity contribution in [2.75, 3.05) is 7.11 Å². The minimum atomic E-state index is -0.129. The van der Waals surface area contributed by atoms with Gasteiger partial charge in [-0.15, -0.1) is 0 Å². The number of methoxy groups -OCH3 is 1. The minimum Gasteiger partial charge on any atom is -0.469 e. The monoisotopic (exact) mass is 296 g/mol. The maximum Gasteiger partial charge on any atom is 0.305 e. The molecule has 0 aliphatic carbocycles. The van der Waals surface area contributed by atoms with Crippen LogP contribution in [0.1, 0.15) is 84.0 Å². The fourth-order valence-corrected chi connectivity index (χ4v) is 2.17. The zero-order valence-corrected chi connectivity index (χ0v) is 13.9. The van der Waals surface area contributed by atoms with Crippen LogP contribution in [0.5, 0.6) is 0 Å². The molecule has 3 nitrogen and oxygen atoms in total. The van der Waals surface area contributed by atoms with Gasteiger partial charge in [0.05, 0.1) is 7.11 Å². The zero-order valence-electron chi connectivity index (χ0n) is 13.9. The number of ketones is 1. The molecule has 0 heterocycles. The van der Waals surface area contributed by atoms with Crippen LogP contribution in [0.4, 0.5) is 0 Å². The van der Waals surface area contributed by atoms with E-state index >= 15 is 0 Å². The highest BCUT2D eigenvalue weighted by molar-refractivity contribution is 5.79.